The van der Waals surface area contributed by atoms with E-state index in [1.54, 1.807) is 0 Å². The SMILES string of the molecule is CC(=O)Nc1ccc(CNc2ccc(N)cc2C)cc1. The monoisotopic (exact) mass is 269 g/mol. The molecule has 0 unspecified atom stereocenters. The van der Waals surface area contributed by atoms with Crippen molar-refractivity contribution in [2.45, 2.75) is 20.4 Å². The van der Waals surface area contributed by atoms with Crippen molar-refractivity contribution in [3.05, 3.63) is 53.6 Å². The number of hydrogen-bond acceptors (Lipinski definition) is 3. The van der Waals surface area contributed by atoms with Gasteiger partial charge in [0.25, 0.3) is 0 Å². The second-order valence-electron chi connectivity index (χ2n) is 4.81. The molecule has 2 aromatic rings. The predicted molar refractivity (Wildman–Crippen MR) is 83.7 cm³/mol. The zero-order valence-electron chi connectivity index (χ0n) is 11.7. The van der Waals surface area contributed by atoms with E-state index in [0.29, 0.717) is 0 Å². The van der Waals surface area contributed by atoms with Crippen molar-refractivity contribution < 1.29 is 4.79 Å². The van der Waals surface area contributed by atoms with Crippen molar-refractivity contribution >= 4 is 23.0 Å². The molecule has 0 bridgehead atoms. The van der Waals surface area contributed by atoms with Crippen molar-refractivity contribution in [2.24, 2.45) is 0 Å². The van der Waals surface area contributed by atoms with Crippen LogP contribution in [0, 0.1) is 6.92 Å². The van der Waals surface area contributed by atoms with Gasteiger partial charge in [-0.2, -0.15) is 0 Å². The Kier molecular flexibility index (Phi) is 4.25. The zero-order valence-corrected chi connectivity index (χ0v) is 11.7. The van der Waals surface area contributed by atoms with Gasteiger partial charge >= 0.3 is 0 Å². The Morgan fingerprint density at radius 3 is 2.45 bits per heavy atom. The van der Waals surface area contributed by atoms with Gasteiger partial charge in [-0.3, -0.25) is 4.79 Å². The van der Waals surface area contributed by atoms with E-state index in [2.05, 4.69) is 10.6 Å². The van der Waals surface area contributed by atoms with Crippen LogP contribution in [0.5, 0.6) is 0 Å². The lowest BCUT2D eigenvalue weighted by Gasteiger charge is -2.11. The minimum atomic E-state index is -0.0617. The molecule has 0 fully saturated rings. The summed E-state index contributed by atoms with van der Waals surface area (Å²) in [6, 6.07) is 13.6. The lowest BCUT2D eigenvalue weighted by atomic mass is 10.1. The number of carbonyl (C=O) groups excluding carboxylic acids is 1. The fourth-order valence-corrected chi connectivity index (χ4v) is 1.99. The van der Waals surface area contributed by atoms with E-state index in [1.807, 2.05) is 49.4 Å². The van der Waals surface area contributed by atoms with E-state index >= 15 is 0 Å². The molecular formula is C16H19N3O. The topological polar surface area (TPSA) is 67.2 Å². The quantitative estimate of drug-likeness (QED) is 0.747. The summed E-state index contributed by atoms with van der Waals surface area (Å²) in [5.41, 5.74) is 10.7. The van der Waals surface area contributed by atoms with Crippen LogP contribution < -0.4 is 16.4 Å². The van der Waals surface area contributed by atoms with E-state index in [9.17, 15) is 4.79 Å². The lowest BCUT2D eigenvalue weighted by molar-refractivity contribution is -0.114. The lowest BCUT2D eigenvalue weighted by Crippen LogP contribution is -2.06. The molecule has 0 saturated carbocycles. The molecule has 0 spiro atoms. The molecule has 0 aliphatic rings. The number of anilines is 3. The van der Waals surface area contributed by atoms with Gasteiger partial charge in [-0.15, -0.1) is 0 Å². The number of amides is 1. The highest BCUT2D eigenvalue weighted by molar-refractivity contribution is 5.88. The van der Waals surface area contributed by atoms with Crippen molar-refractivity contribution in [1.82, 2.24) is 0 Å². The minimum absolute atomic E-state index is 0.0617. The van der Waals surface area contributed by atoms with Gasteiger partial charge in [0.1, 0.15) is 0 Å². The molecule has 0 radical (unpaired) electrons. The second-order valence-corrected chi connectivity index (χ2v) is 4.81. The van der Waals surface area contributed by atoms with Crippen molar-refractivity contribution in [3.8, 4) is 0 Å². The largest absolute Gasteiger partial charge is 0.399 e. The number of nitrogens with two attached hydrogens (primary N) is 1. The number of rotatable bonds is 4. The van der Waals surface area contributed by atoms with Crippen LogP contribution in [0.3, 0.4) is 0 Å². The van der Waals surface area contributed by atoms with E-state index in [0.717, 1.165) is 34.7 Å². The highest BCUT2D eigenvalue weighted by Crippen LogP contribution is 2.19. The third kappa shape index (κ3) is 3.75. The van der Waals surface area contributed by atoms with Crippen LogP contribution >= 0.6 is 0 Å². The van der Waals surface area contributed by atoms with Gasteiger partial charge in [0, 0.05) is 30.5 Å². The first-order valence-corrected chi connectivity index (χ1v) is 6.51. The fourth-order valence-electron chi connectivity index (χ4n) is 1.99. The molecule has 2 rings (SSSR count). The Labute approximate surface area is 119 Å². The van der Waals surface area contributed by atoms with E-state index in [-0.39, 0.29) is 5.91 Å². The van der Waals surface area contributed by atoms with Crippen LogP contribution in [-0.2, 0) is 11.3 Å². The summed E-state index contributed by atoms with van der Waals surface area (Å²) in [6.45, 7) is 4.25. The Morgan fingerprint density at radius 2 is 1.85 bits per heavy atom. The molecule has 0 aromatic heterocycles. The molecule has 0 aliphatic carbocycles. The van der Waals surface area contributed by atoms with Gasteiger partial charge in [0.15, 0.2) is 0 Å². The zero-order chi connectivity index (χ0) is 14.5. The Balaban J connectivity index is 1.98. The molecule has 0 atom stereocenters. The maximum Gasteiger partial charge on any atom is 0.221 e. The van der Waals surface area contributed by atoms with E-state index in [1.165, 1.54) is 6.92 Å². The second kappa shape index (κ2) is 6.10. The first-order chi connectivity index (χ1) is 9.54. The van der Waals surface area contributed by atoms with Crippen LogP contribution in [0.15, 0.2) is 42.5 Å². The summed E-state index contributed by atoms with van der Waals surface area (Å²) in [6.07, 6.45) is 0. The molecule has 4 N–H and O–H groups in total. The first kappa shape index (κ1) is 13.9. The number of carbonyl (C=O) groups is 1. The molecular weight excluding hydrogens is 250 g/mol. The number of nitrogens with one attached hydrogen (secondary N) is 2. The van der Waals surface area contributed by atoms with Gasteiger partial charge in [-0.05, 0) is 48.4 Å². The number of benzene rings is 2. The third-order valence-corrected chi connectivity index (χ3v) is 3.01. The molecule has 0 aliphatic heterocycles. The van der Waals surface area contributed by atoms with E-state index in [4.69, 9.17) is 5.73 Å². The van der Waals surface area contributed by atoms with Crippen LogP contribution in [0.1, 0.15) is 18.1 Å². The Bertz CT molecular complexity index is 606. The number of hydrogen-bond donors (Lipinski definition) is 3. The molecule has 1 amide bonds. The van der Waals surface area contributed by atoms with Crippen LogP contribution in [0.4, 0.5) is 17.1 Å². The summed E-state index contributed by atoms with van der Waals surface area (Å²) in [4.78, 5) is 10.9. The number of aryl methyl sites for hydroxylation is 1. The Morgan fingerprint density at radius 1 is 1.15 bits per heavy atom. The first-order valence-electron chi connectivity index (χ1n) is 6.51. The van der Waals surface area contributed by atoms with Gasteiger partial charge < -0.3 is 16.4 Å². The standard InChI is InChI=1S/C16H19N3O/c1-11-9-14(17)5-8-16(11)18-10-13-3-6-15(7-4-13)19-12(2)20/h3-9,18H,10,17H2,1-2H3,(H,19,20). The summed E-state index contributed by atoms with van der Waals surface area (Å²) in [7, 11) is 0. The summed E-state index contributed by atoms with van der Waals surface area (Å²) >= 11 is 0. The highest BCUT2D eigenvalue weighted by Gasteiger charge is 2.00. The molecule has 0 heterocycles. The molecule has 4 nitrogen and oxygen atoms in total. The summed E-state index contributed by atoms with van der Waals surface area (Å²) in [5, 5.41) is 6.12. The van der Waals surface area contributed by atoms with Gasteiger partial charge in [-0.1, -0.05) is 12.1 Å². The molecule has 4 heteroatoms. The molecule has 2 aromatic carbocycles. The van der Waals surface area contributed by atoms with Crippen molar-refractivity contribution in [3.63, 3.8) is 0 Å². The predicted octanol–water partition coefficient (Wildman–Crippen LogP) is 3.15. The Hall–Kier alpha value is -2.49. The fraction of sp³-hybridized carbons (Fsp3) is 0.188. The van der Waals surface area contributed by atoms with Gasteiger partial charge in [0.05, 0.1) is 0 Å². The average Bonchev–Trinajstić information content (AvgIpc) is 2.39. The molecule has 20 heavy (non-hydrogen) atoms. The summed E-state index contributed by atoms with van der Waals surface area (Å²) in [5.74, 6) is -0.0617. The van der Waals surface area contributed by atoms with Gasteiger partial charge in [-0.25, -0.2) is 0 Å². The van der Waals surface area contributed by atoms with E-state index < -0.39 is 0 Å². The molecule has 0 saturated heterocycles. The normalized spacial score (nSPS) is 10.1. The van der Waals surface area contributed by atoms with Gasteiger partial charge in [0.2, 0.25) is 5.91 Å². The third-order valence-electron chi connectivity index (χ3n) is 3.01. The smallest absolute Gasteiger partial charge is 0.221 e. The minimum Gasteiger partial charge on any atom is -0.399 e. The van der Waals surface area contributed by atoms with Crippen molar-refractivity contribution in [1.29, 1.82) is 0 Å². The highest BCUT2D eigenvalue weighted by atomic mass is 16.1. The number of nitrogen functional groups attached to an aromatic ring is 1. The average molecular weight is 269 g/mol. The van der Waals surface area contributed by atoms with Crippen LogP contribution in [0.25, 0.3) is 0 Å². The van der Waals surface area contributed by atoms with Crippen LogP contribution in [-0.4, -0.2) is 5.91 Å². The summed E-state index contributed by atoms with van der Waals surface area (Å²) < 4.78 is 0. The maximum atomic E-state index is 10.9. The van der Waals surface area contributed by atoms with Crippen LogP contribution in [0.2, 0.25) is 0 Å². The maximum absolute atomic E-state index is 10.9. The molecule has 104 valence electrons. The van der Waals surface area contributed by atoms with Crippen molar-refractivity contribution in [2.75, 3.05) is 16.4 Å².